The summed E-state index contributed by atoms with van der Waals surface area (Å²) in [4.78, 5) is 59.0. The summed E-state index contributed by atoms with van der Waals surface area (Å²) in [5, 5.41) is 63.9. The van der Waals surface area contributed by atoms with Crippen molar-refractivity contribution in [1.29, 1.82) is 0 Å². The molecule has 6 fully saturated rings. The van der Waals surface area contributed by atoms with Crippen molar-refractivity contribution >= 4 is 29.3 Å². The molecule has 0 aromatic heterocycles. The number of carbonyl (C=O) groups is 4. The molecule has 4 aliphatic carbocycles. The summed E-state index contributed by atoms with van der Waals surface area (Å²) in [6, 6.07) is -0.209. The molecule has 18 nitrogen and oxygen atoms in total. The van der Waals surface area contributed by atoms with Crippen molar-refractivity contribution in [1.82, 2.24) is 10.2 Å². The number of ketones is 2. The lowest BCUT2D eigenvalue weighted by atomic mass is 9.49. The molecule has 2 saturated heterocycles. The number of rotatable bonds is 11. The Balaban J connectivity index is 1.15. The van der Waals surface area contributed by atoms with Gasteiger partial charge in [0.2, 0.25) is 0 Å². The van der Waals surface area contributed by atoms with Crippen molar-refractivity contribution in [2.45, 2.75) is 125 Å². The lowest BCUT2D eigenvalue weighted by Gasteiger charge is -2.56. The molecule has 0 aromatic carbocycles. The molecule has 13 N–H and O–H groups in total. The van der Waals surface area contributed by atoms with E-state index in [1.807, 2.05) is 12.2 Å². The Morgan fingerprint density at radius 3 is 2.41 bits per heavy atom. The fraction of sp³-hybridized carbons (Fsp3) is 0.829. The van der Waals surface area contributed by atoms with E-state index in [0.29, 0.717) is 38.2 Å². The third-order valence-electron chi connectivity index (χ3n) is 15.4. The SMILES string of the molecule is CCC1C(OC)CC(OC2OC(CO)C(O)(CC(CN3C(=O)C=CC3=O)C3CC[NH2+]C(N)C3)C(O)C2O)C2C(=O)C3C(CC4CCCC(NC(N)=[NH+]C)C4C3O)C(=O)C12. The van der Waals surface area contributed by atoms with Crippen LogP contribution in [0.25, 0.3) is 0 Å². The summed E-state index contributed by atoms with van der Waals surface area (Å²) in [5.41, 5.74) is 10.1. The van der Waals surface area contributed by atoms with Crippen LogP contribution in [0.15, 0.2) is 12.2 Å². The van der Waals surface area contributed by atoms with E-state index < -0.39 is 96.5 Å². The summed E-state index contributed by atoms with van der Waals surface area (Å²) < 4.78 is 18.6. The number of quaternary nitrogens is 1. The van der Waals surface area contributed by atoms with Gasteiger partial charge in [0, 0.05) is 56.4 Å². The van der Waals surface area contributed by atoms with Crippen molar-refractivity contribution in [2.24, 2.45) is 64.7 Å². The van der Waals surface area contributed by atoms with Gasteiger partial charge in [-0.15, -0.1) is 0 Å². The minimum atomic E-state index is -2.27. The number of piperidine rings is 1. The van der Waals surface area contributed by atoms with E-state index in [2.05, 4.69) is 10.3 Å². The van der Waals surface area contributed by atoms with Crippen LogP contribution in [-0.4, -0.2) is 154 Å². The highest BCUT2D eigenvalue weighted by molar-refractivity contribution is 6.12. The molecule has 7 aliphatic rings. The molecule has 18 heteroatoms. The molecule has 7 rings (SSSR count). The number of guanidine groups is 1. The summed E-state index contributed by atoms with van der Waals surface area (Å²) in [6.45, 7) is 1.72. The first kappa shape index (κ1) is 44.2. The maximum Gasteiger partial charge on any atom is 0.341 e. The van der Waals surface area contributed by atoms with Crippen molar-refractivity contribution < 1.29 is 69.2 Å². The van der Waals surface area contributed by atoms with Crippen LogP contribution < -0.4 is 27.1 Å². The van der Waals surface area contributed by atoms with Crippen LogP contribution in [-0.2, 0) is 33.4 Å². The largest absolute Gasteiger partial charge is 0.394 e. The third-order valence-corrected chi connectivity index (χ3v) is 15.4. The molecule has 3 heterocycles. The van der Waals surface area contributed by atoms with Gasteiger partial charge in [-0.1, -0.05) is 13.3 Å². The molecule has 59 heavy (non-hydrogen) atoms. The Morgan fingerprint density at radius 1 is 1.03 bits per heavy atom. The summed E-state index contributed by atoms with van der Waals surface area (Å²) in [7, 11) is 3.23. The Morgan fingerprint density at radius 2 is 1.76 bits per heavy atom. The third kappa shape index (κ3) is 8.03. The summed E-state index contributed by atoms with van der Waals surface area (Å²) >= 11 is 0. The smallest absolute Gasteiger partial charge is 0.341 e. The van der Waals surface area contributed by atoms with Crippen LogP contribution in [0.3, 0.4) is 0 Å². The Bertz CT molecular complexity index is 1630. The minimum Gasteiger partial charge on any atom is -0.394 e. The van der Waals surface area contributed by atoms with Crippen LogP contribution in [0.4, 0.5) is 0 Å². The molecule has 0 radical (unpaired) electrons. The van der Waals surface area contributed by atoms with Crippen molar-refractivity contribution in [3.8, 4) is 0 Å². The molecule has 3 aliphatic heterocycles. The van der Waals surface area contributed by atoms with Gasteiger partial charge >= 0.3 is 5.96 Å². The monoisotopic (exact) mass is 834 g/mol. The standard InChI is InChI=1S/C41H64N6O12/c1-4-21-24(57-3)14-25(33-31(21)34(51)22-12-19-6-5-7-23(46-40(43)44-2)30(19)35(52)32(22)36(33)53)58-39-37(54)38(55)41(56,26(17-48)59-39)15-20(18-10-11-45-27(42)13-18)16-47-28(49)8-9-29(47)50/h8-9,18-27,30-33,35,37-39,45,48,52,54-56H,4-7,10-17,42H2,1-3H3,(H3,43,44,46)/p+2. The number of amides is 2. The number of ether oxygens (including phenoxy) is 3. The van der Waals surface area contributed by atoms with Crippen LogP contribution in [0, 0.1) is 53.3 Å². The van der Waals surface area contributed by atoms with Gasteiger partial charge in [0.25, 0.3) is 11.8 Å². The summed E-state index contributed by atoms with van der Waals surface area (Å²) in [6.07, 6.45) is -3.17. The number of hydrogen-bond donors (Lipinski definition) is 10. The molecule has 4 saturated carbocycles. The predicted molar refractivity (Wildman–Crippen MR) is 207 cm³/mol. The number of nitrogens with two attached hydrogens (primary N) is 3. The molecular weight excluding hydrogens is 768 g/mol. The summed E-state index contributed by atoms with van der Waals surface area (Å²) in [5.74, 6) is -6.00. The number of Topliss-reactive ketones (excluding diaryl/α,β-unsaturated/α-hetero) is 2. The minimum absolute atomic E-state index is 0.00611. The number of nitrogens with zero attached hydrogens (tertiary/aromatic N) is 1. The molecule has 19 atom stereocenters. The van der Waals surface area contributed by atoms with E-state index in [0.717, 1.165) is 24.2 Å². The molecule has 0 spiro atoms. The zero-order chi connectivity index (χ0) is 42.5. The average molecular weight is 835 g/mol. The quantitative estimate of drug-likeness (QED) is 0.0530. The fourth-order valence-corrected chi connectivity index (χ4v) is 12.5. The number of methoxy groups -OCH3 is 1. The van der Waals surface area contributed by atoms with Crippen LogP contribution in [0.2, 0.25) is 0 Å². The molecule has 0 aromatic rings. The maximum atomic E-state index is 15.0. The first-order chi connectivity index (χ1) is 28.2. The van der Waals surface area contributed by atoms with E-state index in [4.69, 9.17) is 25.7 Å². The lowest BCUT2D eigenvalue weighted by molar-refractivity contribution is -0.699. The topological polar surface area (TPSA) is 295 Å². The Hall–Kier alpha value is -2.91. The number of aliphatic hydroxyl groups excluding tert-OH is 4. The van der Waals surface area contributed by atoms with Gasteiger partial charge < -0.3 is 45.1 Å². The second-order valence-electron chi connectivity index (χ2n) is 18.3. The van der Waals surface area contributed by atoms with Gasteiger partial charge in [0.15, 0.2) is 6.29 Å². The van der Waals surface area contributed by atoms with E-state index in [1.165, 1.54) is 19.3 Å². The second kappa shape index (κ2) is 17.8. The molecule has 330 valence electrons. The molecule has 19 unspecified atom stereocenters. The first-order valence-corrected chi connectivity index (χ1v) is 21.6. The fourth-order valence-electron chi connectivity index (χ4n) is 12.5. The molecule has 0 bridgehead atoms. The van der Waals surface area contributed by atoms with E-state index in [9.17, 15) is 44.7 Å². The van der Waals surface area contributed by atoms with Crippen molar-refractivity contribution in [3.05, 3.63) is 12.2 Å². The average Bonchev–Trinajstić information content (AvgIpc) is 3.54. The number of aliphatic hydroxyl groups is 5. The highest BCUT2D eigenvalue weighted by Crippen LogP contribution is 2.55. The highest BCUT2D eigenvalue weighted by Gasteiger charge is 2.65. The number of nitrogens with one attached hydrogen (secondary N) is 2. The van der Waals surface area contributed by atoms with E-state index >= 15 is 0 Å². The number of hydrogen-bond acceptors (Lipinski definition) is 13. The zero-order valence-corrected chi connectivity index (χ0v) is 34.3. The van der Waals surface area contributed by atoms with E-state index in [1.54, 1.807) is 7.05 Å². The van der Waals surface area contributed by atoms with Crippen molar-refractivity contribution in [3.63, 3.8) is 0 Å². The highest BCUT2D eigenvalue weighted by atomic mass is 16.7. The molecular formula is C41H66N6O12+2. The van der Waals surface area contributed by atoms with Crippen LogP contribution in [0.5, 0.6) is 0 Å². The van der Waals surface area contributed by atoms with Gasteiger partial charge in [0.1, 0.15) is 41.6 Å². The first-order valence-electron chi connectivity index (χ1n) is 21.6. The predicted octanol–water partition coefficient (Wildman–Crippen LogP) is -5.04. The maximum absolute atomic E-state index is 15.0. The van der Waals surface area contributed by atoms with Gasteiger partial charge in [-0.25, -0.2) is 0 Å². The second-order valence-corrected chi connectivity index (χ2v) is 18.3. The van der Waals surface area contributed by atoms with Gasteiger partial charge in [-0.3, -0.25) is 45.9 Å². The Kier molecular flexibility index (Phi) is 13.3. The van der Waals surface area contributed by atoms with E-state index in [-0.39, 0.29) is 66.8 Å². The van der Waals surface area contributed by atoms with Gasteiger partial charge in [-0.2, -0.15) is 0 Å². The number of carbonyl (C=O) groups excluding carboxylic acids is 4. The van der Waals surface area contributed by atoms with Crippen LogP contribution in [0.1, 0.15) is 64.7 Å². The normalized spacial score (nSPS) is 45.8. The van der Waals surface area contributed by atoms with Gasteiger partial charge in [0.05, 0.1) is 56.4 Å². The number of imide groups is 1. The van der Waals surface area contributed by atoms with Crippen LogP contribution >= 0.6 is 0 Å². The zero-order valence-electron chi connectivity index (χ0n) is 34.3. The van der Waals surface area contributed by atoms with Crippen molar-refractivity contribution in [2.75, 3.05) is 33.9 Å². The molecule has 2 amide bonds. The van der Waals surface area contributed by atoms with Gasteiger partial charge in [-0.05, 0) is 62.2 Å². The lowest BCUT2D eigenvalue weighted by Crippen LogP contribution is -2.94. The number of fused-ring (bicyclic) bond motifs is 3. The Labute approximate surface area is 344 Å².